The van der Waals surface area contributed by atoms with E-state index in [1.807, 2.05) is 13.0 Å². The van der Waals surface area contributed by atoms with Gasteiger partial charge < -0.3 is 10.5 Å². The molecule has 4 heteroatoms. The summed E-state index contributed by atoms with van der Waals surface area (Å²) in [6, 6.07) is 10.7. The van der Waals surface area contributed by atoms with E-state index < -0.39 is 5.97 Å². The van der Waals surface area contributed by atoms with Crippen LogP contribution in [0.2, 0.25) is 0 Å². The Bertz CT molecular complexity index is 458. The lowest BCUT2D eigenvalue weighted by Gasteiger charge is -2.05. The molecule has 0 fully saturated rings. The van der Waals surface area contributed by atoms with Crippen LogP contribution in [0.5, 0.6) is 0 Å². The number of nitrogens with zero attached hydrogens (tertiary/aromatic N) is 1. The zero-order valence-electron chi connectivity index (χ0n) is 9.64. The number of esters is 1. The van der Waals surface area contributed by atoms with Crippen molar-refractivity contribution in [2.75, 3.05) is 6.61 Å². The van der Waals surface area contributed by atoms with Crippen molar-refractivity contribution in [2.45, 2.75) is 13.3 Å². The summed E-state index contributed by atoms with van der Waals surface area (Å²) in [5, 5.41) is 8.94. The minimum atomic E-state index is -0.671. The van der Waals surface area contributed by atoms with Crippen molar-refractivity contribution in [1.82, 2.24) is 0 Å². The van der Waals surface area contributed by atoms with Crippen LogP contribution in [0.4, 0.5) is 0 Å². The van der Waals surface area contributed by atoms with Gasteiger partial charge >= 0.3 is 5.97 Å². The molecule has 0 aliphatic rings. The highest BCUT2D eigenvalue weighted by molar-refractivity contribution is 6.00. The minimum absolute atomic E-state index is 0.147. The monoisotopic (exact) mass is 230 g/mol. The molecule has 0 aromatic heterocycles. The van der Waals surface area contributed by atoms with Gasteiger partial charge in [-0.2, -0.15) is 5.26 Å². The van der Waals surface area contributed by atoms with Gasteiger partial charge in [-0.25, -0.2) is 4.79 Å². The molecular weight excluding hydrogens is 216 g/mol. The Morgan fingerprint density at radius 2 is 2.06 bits per heavy atom. The van der Waals surface area contributed by atoms with Crippen LogP contribution in [-0.4, -0.2) is 12.6 Å². The van der Waals surface area contributed by atoms with Crippen molar-refractivity contribution < 1.29 is 9.53 Å². The first kappa shape index (κ1) is 12.8. The molecule has 2 N–H and O–H groups in total. The van der Waals surface area contributed by atoms with E-state index in [0.717, 1.165) is 0 Å². The maximum absolute atomic E-state index is 11.6. The highest BCUT2D eigenvalue weighted by Crippen LogP contribution is 2.13. The lowest BCUT2D eigenvalue weighted by atomic mass is 10.1. The molecule has 0 heterocycles. The molecule has 88 valence electrons. The van der Waals surface area contributed by atoms with Gasteiger partial charge in [0.15, 0.2) is 5.57 Å². The first-order valence-corrected chi connectivity index (χ1v) is 5.33. The van der Waals surface area contributed by atoms with Crippen molar-refractivity contribution in [3.05, 3.63) is 41.5 Å². The van der Waals surface area contributed by atoms with Crippen LogP contribution in [0, 0.1) is 11.3 Å². The van der Waals surface area contributed by atoms with Gasteiger partial charge in [0.1, 0.15) is 6.07 Å². The van der Waals surface area contributed by atoms with E-state index in [1.54, 1.807) is 30.3 Å². The van der Waals surface area contributed by atoms with E-state index in [1.165, 1.54) is 0 Å². The molecule has 0 unspecified atom stereocenters. The first-order chi connectivity index (χ1) is 8.20. The quantitative estimate of drug-likeness (QED) is 0.486. The third-order valence-corrected chi connectivity index (χ3v) is 2.11. The van der Waals surface area contributed by atoms with Crippen LogP contribution in [-0.2, 0) is 9.53 Å². The predicted octanol–water partition coefficient (Wildman–Crippen LogP) is 1.83. The zero-order chi connectivity index (χ0) is 12.7. The van der Waals surface area contributed by atoms with Gasteiger partial charge in [0, 0.05) is 0 Å². The summed E-state index contributed by atoms with van der Waals surface area (Å²) in [4.78, 5) is 11.6. The number of ether oxygens (including phenoxy) is 1. The molecule has 0 radical (unpaired) electrons. The lowest BCUT2D eigenvalue weighted by molar-refractivity contribution is -0.138. The number of nitrogens with two attached hydrogens (primary N) is 1. The summed E-state index contributed by atoms with van der Waals surface area (Å²) in [6.07, 6.45) is 0.704. The molecule has 4 nitrogen and oxygen atoms in total. The molecule has 0 saturated heterocycles. The van der Waals surface area contributed by atoms with Crippen LogP contribution in [0.1, 0.15) is 18.9 Å². The molecule has 0 bridgehead atoms. The molecule has 1 aromatic rings. The number of rotatable bonds is 4. The Morgan fingerprint density at radius 1 is 1.41 bits per heavy atom. The minimum Gasteiger partial charge on any atom is -0.462 e. The van der Waals surface area contributed by atoms with Gasteiger partial charge in [-0.3, -0.25) is 0 Å². The number of nitriles is 1. The molecular formula is C13H14N2O2. The average Bonchev–Trinajstić information content (AvgIpc) is 2.38. The number of carbonyl (C=O) groups excluding carboxylic acids is 1. The van der Waals surface area contributed by atoms with Crippen molar-refractivity contribution in [3.63, 3.8) is 0 Å². The van der Waals surface area contributed by atoms with Gasteiger partial charge in [0.2, 0.25) is 0 Å². The van der Waals surface area contributed by atoms with E-state index in [4.69, 9.17) is 15.7 Å². The number of hydrogen-bond donors (Lipinski definition) is 1. The Labute approximate surface area is 100 Å². The van der Waals surface area contributed by atoms with Gasteiger partial charge in [-0.15, -0.1) is 0 Å². The second-order valence-electron chi connectivity index (χ2n) is 3.40. The summed E-state index contributed by atoms with van der Waals surface area (Å²) in [5.74, 6) is -0.671. The second kappa shape index (κ2) is 6.33. The third kappa shape index (κ3) is 3.35. The van der Waals surface area contributed by atoms with E-state index in [0.29, 0.717) is 12.0 Å². The second-order valence-corrected chi connectivity index (χ2v) is 3.40. The number of carbonyl (C=O) groups is 1. The van der Waals surface area contributed by atoms with Crippen molar-refractivity contribution >= 4 is 11.7 Å². The van der Waals surface area contributed by atoms with Gasteiger partial charge in [-0.1, -0.05) is 37.3 Å². The fraction of sp³-hybridized carbons (Fsp3) is 0.231. The predicted molar refractivity (Wildman–Crippen MR) is 64.4 cm³/mol. The van der Waals surface area contributed by atoms with Crippen LogP contribution in [0.3, 0.4) is 0 Å². The summed E-state index contributed by atoms with van der Waals surface area (Å²) in [6.45, 7) is 2.16. The highest BCUT2D eigenvalue weighted by atomic mass is 16.5. The number of benzene rings is 1. The molecule has 0 aliphatic carbocycles. The van der Waals surface area contributed by atoms with Crippen molar-refractivity contribution in [3.8, 4) is 6.07 Å². The van der Waals surface area contributed by atoms with Gasteiger partial charge in [0.25, 0.3) is 0 Å². The highest BCUT2D eigenvalue weighted by Gasteiger charge is 2.15. The zero-order valence-corrected chi connectivity index (χ0v) is 9.64. The maximum atomic E-state index is 11.6. The van der Waals surface area contributed by atoms with E-state index >= 15 is 0 Å². The van der Waals surface area contributed by atoms with Crippen LogP contribution in [0.15, 0.2) is 35.9 Å². The standard InChI is InChI=1S/C13H14N2O2/c1-2-8-17-13(16)11(9-14)12(15)10-6-4-3-5-7-10/h3-7H,2,8,15H2,1H3/b12-11-. The number of hydrogen-bond acceptors (Lipinski definition) is 4. The average molecular weight is 230 g/mol. The van der Waals surface area contributed by atoms with Crippen molar-refractivity contribution in [2.24, 2.45) is 5.73 Å². The normalized spacial score (nSPS) is 11.3. The molecule has 0 aliphatic heterocycles. The molecule has 1 rings (SSSR count). The smallest absolute Gasteiger partial charge is 0.351 e. The van der Waals surface area contributed by atoms with E-state index in [-0.39, 0.29) is 17.9 Å². The van der Waals surface area contributed by atoms with Gasteiger partial charge in [-0.05, 0) is 12.0 Å². The molecule has 0 saturated carbocycles. The fourth-order valence-electron chi connectivity index (χ4n) is 1.24. The Hall–Kier alpha value is -2.28. The summed E-state index contributed by atoms with van der Waals surface area (Å²) < 4.78 is 4.89. The lowest BCUT2D eigenvalue weighted by Crippen LogP contribution is -2.13. The van der Waals surface area contributed by atoms with Crippen LogP contribution < -0.4 is 5.73 Å². The van der Waals surface area contributed by atoms with E-state index in [9.17, 15) is 4.79 Å². The molecule has 0 spiro atoms. The van der Waals surface area contributed by atoms with Crippen LogP contribution in [0.25, 0.3) is 5.70 Å². The molecule has 0 atom stereocenters. The molecule has 1 aromatic carbocycles. The van der Waals surface area contributed by atoms with Crippen LogP contribution >= 0.6 is 0 Å². The molecule has 0 amide bonds. The SMILES string of the molecule is CCCOC(=O)/C(C#N)=C(\N)c1ccccc1. The van der Waals surface area contributed by atoms with Gasteiger partial charge in [0.05, 0.1) is 12.3 Å². The third-order valence-electron chi connectivity index (χ3n) is 2.11. The Kier molecular flexibility index (Phi) is 4.77. The summed E-state index contributed by atoms with van der Waals surface area (Å²) in [5.41, 5.74) is 6.41. The topological polar surface area (TPSA) is 76.1 Å². The fourth-order valence-corrected chi connectivity index (χ4v) is 1.24. The maximum Gasteiger partial charge on any atom is 0.351 e. The summed E-state index contributed by atoms with van der Waals surface area (Å²) in [7, 11) is 0. The summed E-state index contributed by atoms with van der Waals surface area (Å²) >= 11 is 0. The Balaban J connectivity index is 3.00. The van der Waals surface area contributed by atoms with E-state index in [2.05, 4.69) is 0 Å². The Morgan fingerprint density at radius 3 is 2.59 bits per heavy atom. The molecule has 17 heavy (non-hydrogen) atoms. The largest absolute Gasteiger partial charge is 0.462 e. The first-order valence-electron chi connectivity index (χ1n) is 5.33. The van der Waals surface area contributed by atoms with Crippen molar-refractivity contribution in [1.29, 1.82) is 5.26 Å².